The van der Waals surface area contributed by atoms with Crippen molar-refractivity contribution in [2.24, 2.45) is 5.73 Å². The van der Waals surface area contributed by atoms with Crippen LogP contribution in [0.5, 0.6) is 0 Å². The molecule has 0 radical (unpaired) electrons. The molecule has 4 nitrogen and oxygen atoms in total. The molecule has 1 saturated heterocycles. The maximum Gasteiger partial charge on any atom is 0.242 e. The Kier molecular flexibility index (Phi) is 4.05. The van der Waals surface area contributed by atoms with Gasteiger partial charge in [0.05, 0.1) is 5.54 Å². The molecule has 1 saturated carbocycles. The molecule has 1 heterocycles. The highest BCUT2D eigenvalue weighted by Crippen LogP contribution is 2.28. The summed E-state index contributed by atoms with van der Waals surface area (Å²) in [6, 6.07) is 0. The van der Waals surface area contributed by atoms with Gasteiger partial charge in [0, 0.05) is 19.6 Å². The van der Waals surface area contributed by atoms with E-state index >= 15 is 0 Å². The van der Waals surface area contributed by atoms with Crippen LogP contribution in [0.25, 0.3) is 0 Å². The van der Waals surface area contributed by atoms with Crippen molar-refractivity contribution in [1.29, 1.82) is 0 Å². The molecule has 98 valence electrons. The summed E-state index contributed by atoms with van der Waals surface area (Å²) >= 11 is 0. The summed E-state index contributed by atoms with van der Waals surface area (Å²) in [6.07, 6.45) is 6.26. The van der Waals surface area contributed by atoms with Crippen molar-refractivity contribution in [3.8, 4) is 0 Å². The van der Waals surface area contributed by atoms with Gasteiger partial charge in [-0.2, -0.15) is 0 Å². The topological polar surface area (TPSA) is 49.6 Å². The molecule has 2 N–H and O–H groups in total. The summed E-state index contributed by atoms with van der Waals surface area (Å²) in [6.45, 7) is 3.78. The van der Waals surface area contributed by atoms with Crippen molar-refractivity contribution in [2.45, 2.75) is 44.1 Å². The van der Waals surface area contributed by atoms with Crippen LogP contribution in [-0.4, -0.2) is 54.5 Å². The van der Waals surface area contributed by atoms with Crippen LogP contribution in [0.15, 0.2) is 0 Å². The maximum atomic E-state index is 12.5. The van der Waals surface area contributed by atoms with E-state index in [1.807, 2.05) is 4.90 Å². The molecular weight excluding hydrogens is 214 g/mol. The van der Waals surface area contributed by atoms with Crippen molar-refractivity contribution in [2.75, 3.05) is 33.2 Å². The predicted octanol–water partition coefficient (Wildman–Crippen LogP) is 0.812. The third-order valence-corrected chi connectivity index (χ3v) is 4.18. The number of rotatable bonds is 1. The second-order valence-corrected chi connectivity index (χ2v) is 5.67. The summed E-state index contributed by atoms with van der Waals surface area (Å²) in [4.78, 5) is 16.8. The SMILES string of the molecule is CN1CCCN(C(=O)C2(N)CCCCC2)CC1. The number of nitrogens with two attached hydrogens (primary N) is 1. The van der Waals surface area contributed by atoms with E-state index in [1.54, 1.807) is 0 Å². The quantitative estimate of drug-likeness (QED) is 0.737. The van der Waals surface area contributed by atoms with E-state index in [-0.39, 0.29) is 5.91 Å². The number of nitrogens with zero attached hydrogens (tertiary/aromatic N) is 2. The molecule has 4 heteroatoms. The summed E-state index contributed by atoms with van der Waals surface area (Å²) in [7, 11) is 2.12. The molecule has 0 atom stereocenters. The zero-order valence-corrected chi connectivity index (χ0v) is 11.0. The van der Waals surface area contributed by atoms with Crippen LogP contribution in [-0.2, 0) is 4.79 Å². The van der Waals surface area contributed by atoms with Gasteiger partial charge < -0.3 is 15.5 Å². The Balaban J connectivity index is 1.98. The van der Waals surface area contributed by atoms with Gasteiger partial charge in [0.2, 0.25) is 5.91 Å². The van der Waals surface area contributed by atoms with Crippen LogP contribution in [0.1, 0.15) is 38.5 Å². The zero-order chi connectivity index (χ0) is 12.3. The third kappa shape index (κ3) is 2.99. The van der Waals surface area contributed by atoms with Gasteiger partial charge >= 0.3 is 0 Å². The number of likely N-dealkylation sites (N-methyl/N-ethyl adjacent to an activating group) is 1. The van der Waals surface area contributed by atoms with Crippen molar-refractivity contribution in [1.82, 2.24) is 9.80 Å². The molecule has 0 aromatic heterocycles. The Morgan fingerprint density at radius 1 is 1.00 bits per heavy atom. The Hall–Kier alpha value is -0.610. The third-order valence-electron chi connectivity index (χ3n) is 4.18. The molecule has 0 spiro atoms. The van der Waals surface area contributed by atoms with Gasteiger partial charge in [0.1, 0.15) is 0 Å². The Morgan fingerprint density at radius 3 is 2.41 bits per heavy atom. The first-order valence-corrected chi connectivity index (χ1v) is 6.89. The number of amides is 1. The van der Waals surface area contributed by atoms with Crippen molar-refractivity contribution >= 4 is 5.91 Å². The second-order valence-electron chi connectivity index (χ2n) is 5.67. The van der Waals surface area contributed by atoms with Crippen molar-refractivity contribution < 1.29 is 4.79 Å². The largest absolute Gasteiger partial charge is 0.340 e. The molecule has 0 bridgehead atoms. The molecule has 1 aliphatic heterocycles. The predicted molar refractivity (Wildman–Crippen MR) is 68.7 cm³/mol. The summed E-state index contributed by atoms with van der Waals surface area (Å²) in [5, 5.41) is 0. The van der Waals surface area contributed by atoms with Crippen molar-refractivity contribution in [3.05, 3.63) is 0 Å². The van der Waals surface area contributed by atoms with E-state index in [9.17, 15) is 4.79 Å². The first kappa shape index (κ1) is 12.8. The average Bonchev–Trinajstić information content (AvgIpc) is 2.54. The average molecular weight is 239 g/mol. The monoisotopic (exact) mass is 239 g/mol. The first-order chi connectivity index (χ1) is 8.12. The highest BCUT2D eigenvalue weighted by atomic mass is 16.2. The minimum absolute atomic E-state index is 0.201. The molecule has 2 rings (SSSR count). The molecular formula is C13H25N3O. The number of carbonyl (C=O) groups excluding carboxylic acids is 1. The van der Waals surface area contributed by atoms with E-state index in [2.05, 4.69) is 11.9 Å². The highest BCUT2D eigenvalue weighted by molar-refractivity contribution is 5.86. The molecule has 1 amide bonds. The fourth-order valence-corrected chi connectivity index (χ4v) is 2.96. The van der Waals surface area contributed by atoms with E-state index in [4.69, 9.17) is 5.73 Å². The highest BCUT2D eigenvalue weighted by Gasteiger charge is 2.38. The Labute approximate surface area is 104 Å². The zero-order valence-electron chi connectivity index (χ0n) is 11.0. The minimum Gasteiger partial charge on any atom is -0.340 e. The first-order valence-electron chi connectivity index (χ1n) is 6.89. The van der Waals surface area contributed by atoms with Crippen LogP contribution in [0.3, 0.4) is 0 Å². The fourth-order valence-electron chi connectivity index (χ4n) is 2.96. The van der Waals surface area contributed by atoms with Crippen LogP contribution >= 0.6 is 0 Å². The molecule has 17 heavy (non-hydrogen) atoms. The molecule has 0 unspecified atom stereocenters. The van der Waals surface area contributed by atoms with Crippen LogP contribution in [0.4, 0.5) is 0 Å². The van der Waals surface area contributed by atoms with Gasteiger partial charge in [-0.25, -0.2) is 0 Å². The Morgan fingerprint density at radius 2 is 1.71 bits per heavy atom. The van der Waals surface area contributed by atoms with E-state index in [1.165, 1.54) is 6.42 Å². The van der Waals surface area contributed by atoms with E-state index in [0.717, 1.165) is 58.3 Å². The number of hydrogen-bond acceptors (Lipinski definition) is 3. The lowest BCUT2D eigenvalue weighted by Gasteiger charge is -2.36. The fraction of sp³-hybridized carbons (Fsp3) is 0.923. The van der Waals surface area contributed by atoms with Crippen LogP contribution in [0, 0.1) is 0 Å². The van der Waals surface area contributed by atoms with Crippen LogP contribution < -0.4 is 5.73 Å². The lowest BCUT2D eigenvalue weighted by Crippen LogP contribution is -2.56. The minimum atomic E-state index is -0.554. The molecule has 0 aromatic rings. The Bertz CT molecular complexity index is 274. The van der Waals surface area contributed by atoms with Crippen molar-refractivity contribution in [3.63, 3.8) is 0 Å². The molecule has 2 aliphatic rings. The van der Waals surface area contributed by atoms with Gasteiger partial charge in [-0.1, -0.05) is 19.3 Å². The molecule has 0 aromatic carbocycles. The van der Waals surface area contributed by atoms with Gasteiger partial charge in [-0.05, 0) is 32.9 Å². The van der Waals surface area contributed by atoms with Gasteiger partial charge in [-0.3, -0.25) is 4.79 Å². The normalized spacial score (nSPS) is 26.6. The summed E-state index contributed by atoms with van der Waals surface area (Å²) in [5.74, 6) is 0.201. The summed E-state index contributed by atoms with van der Waals surface area (Å²) in [5.41, 5.74) is 5.76. The van der Waals surface area contributed by atoms with Gasteiger partial charge in [0.25, 0.3) is 0 Å². The van der Waals surface area contributed by atoms with E-state index in [0.29, 0.717) is 0 Å². The standard InChI is InChI=1S/C13H25N3O/c1-15-8-5-9-16(11-10-15)12(17)13(14)6-3-2-4-7-13/h2-11,14H2,1H3. The lowest BCUT2D eigenvalue weighted by molar-refractivity contribution is -0.138. The smallest absolute Gasteiger partial charge is 0.242 e. The summed E-state index contributed by atoms with van der Waals surface area (Å²) < 4.78 is 0. The maximum absolute atomic E-state index is 12.5. The van der Waals surface area contributed by atoms with Gasteiger partial charge in [-0.15, -0.1) is 0 Å². The molecule has 1 aliphatic carbocycles. The molecule has 2 fully saturated rings. The number of hydrogen-bond donors (Lipinski definition) is 1. The second kappa shape index (κ2) is 5.36. The van der Waals surface area contributed by atoms with Crippen LogP contribution in [0.2, 0.25) is 0 Å². The van der Waals surface area contributed by atoms with Gasteiger partial charge in [0.15, 0.2) is 0 Å². The number of carbonyl (C=O) groups is 1. The lowest BCUT2D eigenvalue weighted by atomic mass is 9.81. The van der Waals surface area contributed by atoms with E-state index < -0.39 is 5.54 Å².